The van der Waals surface area contributed by atoms with Crippen LogP contribution in [0, 0.1) is 5.92 Å². The molecular weight excluding hydrogens is 169 g/mol. The molecule has 1 aromatic carbocycles. The summed E-state index contributed by atoms with van der Waals surface area (Å²) in [5.41, 5.74) is 3.29. The summed E-state index contributed by atoms with van der Waals surface area (Å²) in [5, 5.41) is 3.27. The maximum Gasteiger partial charge on any atom is 0.139 e. The largest absolute Gasteiger partial charge is 0.319 e. The first-order chi connectivity index (χ1) is 6.66. The van der Waals surface area contributed by atoms with Crippen LogP contribution < -0.4 is 10.8 Å². The van der Waals surface area contributed by atoms with Crippen molar-refractivity contribution in [2.45, 2.75) is 18.8 Å². The number of hydrogen-bond acceptors (Lipinski definition) is 1. The van der Waals surface area contributed by atoms with Crippen LogP contribution in [0.25, 0.3) is 0 Å². The highest BCUT2D eigenvalue weighted by Crippen LogP contribution is 2.53. The van der Waals surface area contributed by atoms with E-state index in [-0.39, 0.29) is 0 Å². The topological polar surface area (TPSA) is 12.0 Å². The van der Waals surface area contributed by atoms with Gasteiger partial charge in [0.05, 0.1) is 0 Å². The highest BCUT2D eigenvalue weighted by Gasteiger charge is 2.50. The van der Waals surface area contributed by atoms with Gasteiger partial charge in [0.1, 0.15) is 7.85 Å². The lowest BCUT2D eigenvalue weighted by Crippen LogP contribution is -2.16. The maximum absolute atomic E-state index is 3.27. The second-order valence-corrected chi connectivity index (χ2v) is 4.74. The zero-order valence-electron chi connectivity index (χ0n) is 9.30. The summed E-state index contributed by atoms with van der Waals surface area (Å²) in [6.45, 7) is 3.52. The molecule has 0 spiro atoms. The molecule has 0 unspecified atom stereocenters. The van der Waals surface area contributed by atoms with Crippen molar-refractivity contribution in [1.29, 1.82) is 0 Å². The van der Waals surface area contributed by atoms with Crippen LogP contribution in [0.15, 0.2) is 24.3 Å². The Morgan fingerprint density at radius 1 is 1.43 bits per heavy atom. The van der Waals surface area contributed by atoms with Crippen LogP contribution >= 0.6 is 0 Å². The Morgan fingerprint density at radius 2 is 2.07 bits per heavy atom. The number of nitrogens with one attached hydrogen (secondary N) is 1. The lowest BCUT2D eigenvalue weighted by atomic mass is 9.90. The fraction of sp³-hybridized carbons (Fsp3) is 0.500. The van der Waals surface area contributed by atoms with Gasteiger partial charge in [-0.3, -0.25) is 0 Å². The predicted octanol–water partition coefficient (Wildman–Crippen LogP) is 0.442. The third-order valence-corrected chi connectivity index (χ3v) is 3.57. The van der Waals surface area contributed by atoms with Crippen LogP contribution in [0.5, 0.6) is 0 Å². The van der Waals surface area contributed by atoms with E-state index < -0.39 is 0 Å². The molecule has 0 aliphatic heterocycles. The van der Waals surface area contributed by atoms with Crippen LogP contribution in [0.2, 0.25) is 0 Å². The lowest BCUT2D eigenvalue weighted by molar-refractivity contribution is 0.617. The van der Waals surface area contributed by atoms with E-state index in [0.717, 1.165) is 12.5 Å². The molecule has 0 aromatic heterocycles. The lowest BCUT2D eigenvalue weighted by Gasteiger charge is -2.12. The van der Waals surface area contributed by atoms with Gasteiger partial charge in [0.25, 0.3) is 0 Å². The predicted molar refractivity (Wildman–Crippen MR) is 64.0 cm³/mol. The van der Waals surface area contributed by atoms with Crippen molar-refractivity contribution in [2.75, 3.05) is 13.6 Å². The van der Waals surface area contributed by atoms with E-state index in [1.54, 1.807) is 0 Å². The summed E-state index contributed by atoms with van der Waals surface area (Å²) in [6, 6.07) is 9.00. The van der Waals surface area contributed by atoms with Gasteiger partial charge in [0.2, 0.25) is 0 Å². The molecule has 1 aromatic rings. The number of benzene rings is 1. The van der Waals surface area contributed by atoms with Crippen LogP contribution in [-0.4, -0.2) is 21.4 Å². The third-order valence-electron chi connectivity index (χ3n) is 3.57. The Morgan fingerprint density at radius 3 is 2.64 bits per heavy atom. The van der Waals surface area contributed by atoms with Gasteiger partial charge in [-0.15, -0.1) is 0 Å². The Kier molecular flexibility index (Phi) is 2.40. The maximum atomic E-state index is 3.27. The van der Waals surface area contributed by atoms with E-state index >= 15 is 0 Å². The Balaban J connectivity index is 2.13. The van der Waals surface area contributed by atoms with Crippen LogP contribution in [0.3, 0.4) is 0 Å². The summed E-state index contributed by atoms with van der Waals surface area (Å²) < 4.78 is 0. The van der Waals surface area contributed by atoms with Crippen LogP contribution in [0.4, 0.5) is 0 Å². The smallest absolute Gasteiger partial charge is 0.139 e. The van der Waals surface area contributed by atoms with Crippen molar-refractivity contribution in [2.24, 2.45) is 5.92 Å². The van der Waals surface area contributed by atoms with Crippen molar-refractivity contribution < 1.29 is 0 Å². The summed E-state index contributed by atoms with van der Waals surface area (Å²) >= 11 is 0. The molecule has 1 saturated carbocycles. The second kappa shape index (κ2) is 3.43. The fourth-order valence-electron chi connectivity index (χ4n) is 2.28. The molecule has 0 heterocycles. The highest BCUT2D eigenvalue weighted by atomic mass is 14.8. The molecule has 0 radical (unpaired) electrons. The normalized spacial score (nSPS) is 30.3. The van der Waals surface area contributed by atoms with Crippen molar-refractivity contribution in [3.05, 3.63) is 29.8 Å². The van der Waals surface area contributed by atoms with Crippen molar-refractivity contribution in [1.82, 2.24) is 5.32 Å². The van der Waals surface area contributed by atoms with E-state index in [4.69, 9.17) is 0 Å². The van der Waals surface area contributed by atoms with Gasteiger partial charge < -0.3 is 5.32 Å². The monoisotopic (exact) mass is 187 g/mol. The molecule has 1 nitrogen and oxygen atoms in total. The zero-order valence-corrected chi connectivity index (χ0v) is 9.30. The first-order valence-electron chi connectivity index (χ1n) is 5.38. The Bertz CT molecular complexity index is 320. The minimum Gasteiger partial charge on any atom is -0.319 e. The van der Waals surface area contributed by atoms with Gasteiger partial charge in [-0.05, 0) is 36.9 Å². The van der Waals surface area contributed by atoms with Gasteiger partial charge in [0, 0.05) is 0 Å². The van der Waals surface area contributed by atoms with E-state index in [0.29, 0.717) is 5.41 Å². The van der Waals surface area contributed by atoms with E-state index in [2.05, 4.69) is 44.4 Å². The summed E-state index contributed by atoms with van der Waals surface area (Å²) in [4.78, 5) is 0. The minimum atomic E-state index is 0.441. The molecule has 74 valence electrons. The quantitative estimate of drug-likeness (QED) is 0.677. The molecule has 14 heavy (non-hydrogen) atoms. The minimum absolute atomic E-state index is 0.441. The van der Waals surface area contributed by atoms with Gasteiger partial charge in [0.15, 0.2) is 0 Å². The Hall–Kier alpha value is -0.755. The molecule has 2 heteroatoms. The molecule has 2 rings (SSSR count). The molecule has 0 amide bonds. The molecule has 1 fully saturated rings. The standard InChI is InChI=1S/C12H18BN/c1-12(7-10(12)8-14-2)9-3-5-11(13)6-4-9/h3-6,10,14H,7-8,13H2,1-2H3/t10-,12-/m0/s1. The van der Waals surface area contributed by atoms with Crippen molar-refractivity contribution in [3.8, 4) is 0 Å². The third kappa shape index (κ3) is 1.59. The van der Waals surface area contributed by atoms with Crippen LogP contribution in [-0.2, 0) is 5.41 Å². The van der Waals surface area contributed by atoms with Crippen LogP contribution in [0.1, 0.15) is 18.9 Å². The molecule has 1 N–H and O–H groups in total. The number of hydrogen-bond donors (Lipinski definition) is 1. The molecule has 0 bridgehead atoms. The first-order valence-corrected chi connectivity index (χ1v) is 5.38. The molecule has 1 aliphatic rings. The molecule has 1 aliphatic carbocycles. The average molecular weight is 187 g/mol. The summed E-state index contributed by atoms with van der Waals surface area (Å²) in [6.07, 6.45) is 1.33. The fourth-order valence-corrected chi connectivity index (χ4v) is 2.28. The number of rotatable bonds is 3. The molecule has 2 atom stereocenters. The van der Waals surface area contributed by atoms with Gasteiger partial charge in [-0.25, -0.2) is 0 Å². The Labute approximate surface area is 87.3 Å². The summed E-state index contributed by atoms with van der Waals surface area (Å²) in [5.74, 6) is 0.829. The second-order valence-electron chi connectivity index (χ2n) is 4.74. The highest BCUT2D eigenvalue weighted by molar-refractivity contribution is 6.32. The first kappa shape index (κ1) is 9.79. The zero-order chi connectivity index (χ0) is 10.2. The van der Waals surface area contributed by atoms with Gasteiger partial charge in [-0.2, -0.15) is 0 Å². The van der Waals surface area contributed by atoms with Crippen molar-refractivity contribution >= 4 is 13.3 Å². The average Bonchev–Trinajstić information content (AvgIpc) is 2.80. The van der Waals surface area contributed by atoms with Gasteiger partial charge >= 0.3 is 0 Å². The van der Waals surface area contributed by atoms with E-state index in [1.807, 2.05) is 7.05 Å². The molecular formula is C12H18BN. The SMILES string of the molecule is Bc1ccc([C@]2(C)C[C@H]2CNC)cc1. The molecule has 0 saturated heterocycles. The van der Waals surface area contributed by atoms with E-state index in [1.165, 1.54) is 17.4 Å². The van der Waals surface area contributed by atoms with E-state index in [9.17, 15) is 0 Å². The van der Waals surface area contributed by atoms with Crippen molar-refractivity contribution in [3.63, 3.8) is 0 Å². The van der Waals surface area contributed by atoms with Gasteiger partial charge in [-0.1, -0.05) is 36.7 Å². The summed E-state index contributed by atoms with van der Waals surface area (Å²) in [7, 11) is 4.18.